The molecule has 7 heteroatoms. The van der Waals surface area contributed by atoms with Gasteiger partial charge in [-0.25, -0.2) is 4.99 Å². The summed E-state index contributed by atoms with van der Waals surface area (Å²) in [5, 5.41) is 20.0. The van der Waals surface area contributed by atoms with E-state index >= 15 is 0 Å². The van der Waals surface area contributed by atoms with Gasteiger partial charge >= 0.3 is 0 Å². The number of aliphatic imine (C=N–C) groups is 1. The Labute approximate surface area is 147 Å². The van der Waals surface area contributed by atoms with Crippen LogP contribution in [0.5, 0.6) is 0 Å². The number of thioether (sulfide) groups is 1. The Morgan fingerprint density at radius 3 is 2.83 bits per heavy atom. The minimum absolute atomic E-state index is 0.106. The molecule has 1 aromatic rings. The van der Waals surface area contributed by atoms with Crippen LogP contribution in [-0.2, 0) is 0 Å². The standard InChI is InChI=1S/C17H25N5OS/c1-11-7-15(13-5-6-20-22-13)24-12(2)14(8-16(18)21-11)19-9-17(3,4)10-23/h5-8,12,19,23H,1,9-10H2,2-4H3,(H2,18,21)(H,20,22)/b14-8+,15-7-. The number of rotatable bonds is 5. The summed E-state index contributed by atoms with van der Waals surface area (Å²) in [5.41, 5.74) is 8.26. The van der Waals surface area contributed by atoms with E-state index in [9.17, 15) is 5.11 Å². The van der Waals surface area contributed by atoms with E-state index in [1.807, 2.05) is 32.1 Å². The summed E-state index contributed by atoms with van der Waals surface area (Å²) in [5.74, 6) is 0.402. The number of nitrogens with zero attached hydrogens (tertiary/aromatic N) is 2. The number of aromatic amines is 1. The Hall–Kier alpha value is -1.99. The summed E-state index contributed by atoms with van der Waals surface area (Å²) in [6.07, 6.45) is 5.45. The second-order valence-electron chi connectivity index (χ2n) is 6.54. The largest absolute Gasteiger partial charge is 0.396 e. The van der Waals surface area contributed by atoms with E-state index in [2.05, 4.69) is 34.0 Å². The minimum atomic E-state index is -0.221. The zero-order chi connectivity index (χ0) is 17.7. The first kappa shape index (κ1) is 18.4. The highest BCUT2D eigenvalue weighted by atomic mass is 32.2. The quantitative estimate of drug-likeness (QED) is 0.655. The maximum absolute atomic E-state index is 9.44. The van der Waals surface area contributed by atoms with Crippen LogP contribution in [0.3, 0.4) is 0 Å². The molecule has 130 valence electrons. The Balaban J connectivity index is 2.28. The van der Waals surface area contributed by atoms with Gasteiger partial charge < -0.3 is 16.2 Å². The van der Waals surface area contributed by atoms with Crippen LogP contribution in [-0.4, -0.2) is 39.5 Å². The SMILES string of the molecule is C=C1/C=C(/c2ccn[nH]2)SC(C)/C(NCC(C)(C)CO)=C\C(N)=N/1. The molecule has 2 rings (SSSR count). The maximum Gasteiger partial charge on any atom is 0.125 e. The molecular weight excluding hydrogens is 322 g/mol. The van der Waals surface area contributed by atoms with E-state index in [1.165, 1.54) is 0 Å². The van der Waals surface area contributed by atoms with Crippen LogP contribution in [0.1, 0.15) is 26.5 Å². The number of aliphatic hydroxyl groups excluding tert-OH is 1. The fourth-order valence-corrected chi connectivity index (χ4v) is 3.18. The number of nitrogens with one attached hydrogen (secondary N) is 2. The first-order chi connectivity index (χ1) is 11.3. The average Bonchev–Trinajstić information content (AvgIpc) is 3.04. The molecule has 1 aromatic heterocycles. The van der Waals surface area contributed by atoms with Gasteiger partial charge in [0.05, 0.1) is 11.4 Å². The predicted octanol–water partition coefficient (Wildman–Crippen LogP) is 2.25. The third kappa shape index (κ3) is 5.01. The number of hydrogen-bond acceptors (Lipinski definition) is 6. The van der Waals surface area contributed by atoms with Crippen molar-refractivity contribution in [2.24, 2.45) is 16.1 Å². The fraction of sp³-hybridized carbons (Fsp3) is 0.412. The van der Waals surface area contributed by atoms with Gasteiger partial charge in [-0.3, -0.25) is 5.10 Å². The summed E-state index contributed by atoms with van der Waals surface area (Å²) in [7, 11) is 0. The molecule has 5 N–H and O–H groups in total. The van der Waals surface area contributed by atoms with E-state index in [0.717, 1.165) is 16.3 Å². The fourth-order valence-electron chi connectivity index (χ4n) is 2.07. The van der Waals surface area contributed by atoms with Crippen LogP contribution in [0.15, 0.2) is 47.4 Å². The highest BCUT2D eigenvalue weighted by Crippen LogP contribution is 2.34. The topological polar surface area (TPSA) is 99.3 Å². The molecule has 0 fully saturated rings. The molecule has 0 bridgehead atoms. The van der Waals surface area contributed by atoms with Gasteiger partial charge in [-0.2, -0.15) is 5.10 Å². The zero-order valence-corrected chi connectivity index (χ0v) is 15.2. The van der Waals surface area contributed by atoms with Crippen molar-refractivity contribution < 1.29 is 5.11 Å². The van der Waals surface area contributed by atoms with Crippen LogP contribution in [0.25, 0.3) is 4.91 Å². The Morgan fingerprint density at radius 2 is 2.21 bits per heavy atom. The zero-order valence-electron chi connectivity index (χ0n) is 14.3. The van der Waals surface area contributed by atoms with Crippen molar-refractivity contribution in [3.8, 4) is 0 Å². The molecule has 1 aliphatic heterocycles. The molecule has 0 aromatic carbocycles. The van der Waals surface area contributed by atoms with Gasteiger partial charge in [-0.15, -0.1) is 11.8 Å². The maximum atomic E-state index is 9.44. The summed E-state index contributed by atoms with van der Waals surface area (Å²) in [6.45, 7) is 10.8. The summed E-state index contributed by atoms with van der Waals surface area (Å²) in [6, 6.07) is 1.91. The Bertz CT molecular complexity index is 673. The lowest BCUT2D eigenvalue weighted by molar-refractivity contribution is 0.160. The van der Waals surface area contributed by atoms with Gasteiger partial charge in [0.15, 0.2) is 0 Å². The first-order valence-electron chi connectivity index (χ1n) is 7.78. The van der Waals surface area contributed by atoms with Crippen LogP contribution in [0.4, 0.5) is 0 Å². The molecule has 0 radical (unpaired) electrons. The molecular formula is C17H25N5OS. The van der Waals surface area contributed by atoms with E-state index in [4.69, 9.17) is 5.73 Å². The molecule has 2 heterocycles. The number of aromatic nitrogens is 2. The van der Waals surface area contributed by atoms with Crippen LogP contribution < -0.4 is 11.1 Å². The highest BCUT2D eigenvalue weighted by Gasteiger charge is 2.20. The lowest BCUT2D eigenvalue weighted by atomic mass is 9.95. The van der Waals surface area contributed by atoms with Crippen LogP contribution >= 0.6 is 11.8 Å². The molecule has 24 heavy (non-hydrogen) atoms. The number of nitrogens with two attached hydrogens (primary N) is 1. The minimum Gasteiger partial charge on any atom is -0.396 e. The van der Waals surface area contributed by atoms with Gasteiger partial charge in [0, 0.05) is 46.7 Å². The summed E-state index contributed by atoms with van der Waals surface area (Å²) >= 11 is 1.67. The van der Waals surface area contributed by atoms with Gasteiger partial charge in [-0.05, 0) is 19.1 Å². The second-order valence-corrected chi connectivity index (χ2v) is 7.93. The summed E-state index contributed by atoms with van der Waals surface area (Å²) in [4.78, 5) is 5.31. The number of allylic oxidation sites excluding steroid dienone is 1. The first-order valence-corrected chi connectivity index (χ1v) is 8.66. The summed E-state index contributed by atoms with van der Waals surface area (Å²) < 4.78 is 0. The molecule has 1 unspecified atom stereocenters. The Morgan fingerprint density at radius 1 is 1.46 bits per heavy atom. The molecule has 0 aliphatic carbocycles. The molecule has 1 atom stereocenters. The molecule has 0 saturated carbocycles. The molecule has 0 amide bonds. The van der Waals surface area contributed by atoms with E-state index in [0.29, 0.717) is 18.1 Å². The van der Waals surface area contributed by atoms with Crippen LogP contribution in [0, 0.1) is 5.41 Å². The van der Waals surface area contributed by atoms with E-state index in [1.54, 1.807) is 18.0 Å². The van der Waals surface area contributed by atoms with Crippen molar-refractivity contribution in [1.82, 2.24) is 15.5 Å². The molecule has 0 saturated heterocycles. The van der Waals surface area contributed by atoms with Crippen molar-refractivity contribution >= 4 is 22.5 Å². The number of aliphatic hydroxyl groups is 1. The second kappa shape index (κ2) is 7.72. The number of H-pyrrole nitrogens is 1. The normalized spacial score (nSPS) is 26.1. The lowest BCUT2D eigenvalue weighted by Crippen LogP contribution is -2.34. The highest BCUT2D eigenvalue weighted by molar-refractivity contribution is 8.09. The van der Waals surface area contributed by atoms with E-state index < -0.39 is 0 Å². The van der Waals surface area contributed by atoms with Gasteiger partial charge in [0.25, 0.3) is 0 Å². The number of hydrogen-bond donors (Lipinski definition) is 4. The van der Waals surface area contributed by atoms with Crippen molar-refractivity contribution in [2.45, 2.75) is 26.0 Å². The average molecular weight is 347 g/mol. The molecule has 0 spiro atoms. The predicted molar refractivity (Wildman–Crippen MR) is 101 cm³/mol. The van der Waals surface area contributed by atoms with Crippen molar-refractivity contribution in [3.63, 3.8) is 0 Å². The third-order valence-electron chi connectivity index (χ3n) is 3.58. The van der Waals surface area contributed by atoms with Crippen LogP contribution in [0.2, 0.25) is 0 Å². The Kier molecular flexibility index (Phi) is 5.90. The molecule has 1 aliphatic rings. The number of amidine groups is 1. The van der Waals surface area contributed by atoms with Crippen molar-refractivity contribution in [1.29, 1.82) is 0 Å². The van der Waals surface area contributed by atoms with Crippen molar-refractivity contribution in [3.05, 3.63) is 48.1 Å². The van der Waals surface area contributed by atoms with Gasteiger partial charge in [-0.1, -0.05) is 20.4 Å². The van der Waals surface area contributed by atoms with E-state index in [-0.39, 0.29) is 17.3 Å². The van der Waals surface area contributed by atoms with Gasteiger partial charge in [0.2, 0.25) is 0 Å². The van der Waals surface area contributed by atoms with Crippen molar-refractivity contribution in [2.75, 3.05) is 13.2 Å². The monoisotopic (exact) mass is 347 g/mol. The molecule has 6 nitrogen and oxygen atoms in total. The van der Waals surface area contributed by atoms with Gasteiger partial charge in [0.1, 0.15) is 5.84 Å². The lowest BCUT2D eigenvalue weighted by Gasteiger charge is -2.26. The smallest absolute Gasteiger partial charge is 0.125 e. The third-order valence-corrected chi connectivity index (χ3v) is 4.78.